The minimum atomic E-state index is 0.182. The molecule has 0 heterocycles. The highest BCUT2D eigenvalue weighted by Gasteiger charge is 2.61. The van der Waals surface area contributed by atoms with E-state index in [2.05, 4.69) is 83.1 Å². The third-order valence-electron chi connectivity index (χ3n) is 13.6. The van der Waals surface area contributed by atoms with E-state index in [0.717, 1.165) is 60.5 Å². The van der Waals surface area contributed by atoms with Crippen LogP contribution in [-0.2, 0) is 17.8 Å². The van der Waals surface area contributed by atoms with Crippen molar-refractivity contribution in [3.05, 3.63) is 65.7 Å². The van der Waals surface area contributed by atoms with E-state index >= 15 is 0 Å². The van der Waals surface area contributed by atoms with Gasteiger partial charge in [0.1, 0.15) is 18.1 Å². The topological polar surface area (TPSA) is 26.3 Å². The van der Waals surface area contributed by atoms with Gasteiger partial charge in [-0.25, -0.2) is 0 Å². The summed E-state index contributed by atoms with van der Waals surface area (Å²) in [5, 5.41) is 0. The molecule has 0 bridgehead atoms. The summed E-state index contributed by atoms with van der Waals surface area (Å²) in [5.74, 6) is 7.36. The molecule has 1 unspecified atom stereocenters. The fourth-order valence-electron chi connectivity index (χ4n) is 11.3. The van der Waals surface area contributed by atoms with E-state index in [4.69, 9.17) is 4.74 Å². The van der Waals surface area contributed by atoms with Crippen LogP contribution in [0.2, 0.25) is 0 Å². The van der Waals surface area contributed by atoms with Crippen LogP contribution in [0.1, 0.15) is 116 Å². The molecule has 2 aromatic rings. The smallest absolute Gasteiger partial charge is 0.136 e. The van der Waals surface area contributed by atoms with Crippen molar-refractivity contribution in [3.8, 4) is 5.75 Å². The molecule has 0 radical (unpaired) electrons. The Bertz CT molecular complexity index is 1220. The van der Waals surface area contributed by atoms with Crippen molar-refractivity contribution in [3.63, 3.8) is 0 Å². The Balaban J connectivity index is 1.11. The van der Waals surface area contributed by atoms with Gasteiger partial charge in [0.15, 0.2) is 0 Å². The van der Waals surface area contributed by atoms with Gasteiger partial charge < -0.3 is 4.74 Å². The van der Waals surface area contributed by atoms with Crippen LogP contribution in [0.15, 0.2) is 54.6 Å². The van der Waals surface area contributed by atoms with Gasteiger partial charge in [0.2, 0.25) is 0 Å². The summed E-state index contributed by atoms with van der Waals surface area (Å²) in [6.07, 6.45) is 15.4. The van der Waals surface area contributed by atoms with E-state index in [1.807, 2.05) is 6.07 Å². The first-order chi connectivity index (χ1) is 20.7. The summed E-state index contributed by atoms with van der Waals surface area (Å²) < 4.78 is 6.05. The van der Waals surface area contributed by atoms with Gasteiger partial charge in [-0.3, -0.25) is 4.79 Å². The van der Waals surface area contributed by atoms with Crippen molar-refractivity contribution in [2.75, 3.05) is 0 Å². The largest absolute Gasteiger partial charge is 0.489 e. The van der Waals surface area contributed by atoms with Crippen LogP contribution in [0.3, 0.4) is 0 Å². The molecule has 6 rings (SSSR count). The van der Waals surface area contributed by atoms with E-state index in [-0.39, 0.29) is 5.92 Å². The summed E-state index contributed by atoms with van der Waals surface area (Å²) in [4.78, 5) is 13.5. The first-order valence-electron chi connectivity index (χ1n) is 18.0. The first kappa shape index (κ1) is 30.9. The fourth-order valence-corrected chi connectivity index (χ4v) is 11.3. The molecule has 0 N–H and O–H groups in total. The number of carbonyl (C=O) groups is 1. The van der Waals surface area contributed by atoms with Gasteiger partial charge >= 0.3 is 0 Å². The third-order valence-corrected chi connectivity index (χ3v) is 13.6. The van der Waals surface area contributed by atoms with Gasteiger partial charge in [-0.15, -0.1) is 0 Å². The van der Waals surface area contributed by atoms with Crippen LogP contribution in [0.5, 0.6) is 5.75 Å². The summed E-state index contributed by atoms with van der Waals surface area (Å²) in [6, 6.07) is 19.0. The van der Waals surface area contributed by atoms with Crippen molar-refractivity contribution in [1.29, 1.82) is 0 Å². The standard InChI is InChI=1S/C41H58O2/c1-28(2)10-9-11-29(3)35-20-21-36-33-18-19-37-34(39(42)23-25-41(37,5)38(33)22-24-40(35,36)4)26-30-14-16-32(17-15-30)43-27-31-12-7-6-8-13-31/h6-8,12-17,28-29,33-38H,9-11,18-27H2,1-5H3/t29-,33+,34+,35-,36+,37?,38+,40-,41+/m1/s1. The maximum absolute atomic E-state index is 13.5. The second kappa shape index (κ2) is 12.7. The highest BCUT2D eigenvalue weighted by atomic mass is 16.5. The zero-order valence-electron chi connectivity index (χ0n) is 27.8. The zero-order chi connectivity index (χ0) is 30.2. The molecule has 0 aliphatic heterocycles. The Labute approximate surface area is 262 Å². The Morgan fingerprint density at radius 2 is 1.49 bits per heavy atom. The van der Waals surface area contributed by atoms with E-state index in [0.29, 0.717) is 29.1 Å². The van der Waals surface area contributed by atoms with Gasteiger partial charge in [0, 0.05) is 12.3 Å². The van der Waals surface area contributed by atoms with Crippen LogP contribution in [0, 0.1) is 58.2 Å². The molecule has 4 fully saturated rings. The van der Waals surface area contributed by atoms with Gasteiger partial charge in [-0.2, -0.15) is 0 Å². The Kier molecular flexibility index (Phi) is 9.15. The highest BCUT2D eigenvalue weighted by Crippen LogP contribution is 2.68. The fraction of sp³-hybridized carbons (Fsp3) is 0.683. The SMILES string of the molecule is CC(C)CCC[C@@H](C)[C@H]1CC[C@H]2[C@@H]3CCC4[C@H](Cc5ccc(OCc6ccccc6)cc5)C(=O)CC[C@]4(C)[C@H]3CC[C@]12C. The normalized spacial score (nSPS) is 36.1. The lowest BCUT2D eigenvalue weighted by Gasteiger charge is -2.62. The Morgan fingerprint density at radius 1 is 0.767 bits per heavy atom. The van der Waals surface area contributed by atoms with E-state index in [1.54, 1.807) is 0 Å². The molecule has 234 valence electrons. The lowest BCUT2D eigenvalue weighted by Crippen LogP contribution is -2.56. The summed E-state index contributed by atoms with van der Waals surface area (Å²) in [6.45, 7) is 13.2. The molecule has 2 aromatic carbocycles. The lowest BCUT2D eigenvalue weighted by atomic mass is 9.43. The van der Waals surface area contributed by atoms with Gasteiger partial charge in [0.25, 0.3) is 0 Å². The van der Waals surface area contributed by atoms with Gasteiger partial charge in [0.05, 0.1) is 0 Å². The monoisotopic (exact) mass is 582 g/mol. The van der Waals surface area contributed by atoms with E-state index < -0.39 is 0 Å². The molecule has 43 heavy (non-hydrogen) atoms. The van der Waals surface area contributed by atoms with E-state index in [1.165, 1.54) is 68.9 Å². The number of Topliss-reactive ketones (excluding diaryl/α,β-unsaturated/α-hetero) is 1. The molecule has 4 aliphatic rings. The van der Waals surface area contributed by atoms with Crippen molar-refractivity contribution in [2.45, 2.75) is 118 Å². The Hall–Kier alpha value is -2.09. The number of ketones is 1. The Morgan fingerprint density at radius 3 is 2.23 bits per heavy atom. The number of rotatable bonds is 10. The van der Waals surface area contributed by atoms with Crippen molar-refractivity contribution >= 4 is 5.78 Å². The van der Waals surface area contributed by atoms with E-state index in [9.17, 15) is 4.79 Å². The molecule has 2 nitrogen and oxygen atoms in total. The number of fused-ring (bicyclic) bond motifs is 5. The summed E-state index contributed by atoms with van der Waals surface area (Å²) in [5.41, 5.74) is 3.33. The second-order valence-corrected chi connectivity index (χ2v) is 16.3. The molecular formula is C41H58O2. The quantitative estimate of drug-likeness (QED) is 0.278. The minimum Gasteiger partial charge on any atom is -0.489 e. The predicted octanol–water partition coefficient (Wildman–Crippen LogP) is 10.7. The highest BCUT2D eigenvalue weighted by molar-refractivity contribution is 5.82. The zero-order valence-corrected chi connectivity index (χ0v) is 27.8. The summed E-state index contributed by atoms with van der Waals surface area (Å²) in [7, 11) is 0. The molecule has 4 aliphatic carbocycles. The maximum Gasteiger partial charge on any atom is 0.136 e. The minimum absolute atomic E-state index is 0.182. The number of ether oxygens (including phenoxy) is 1. The van der Waals surface area contributed by atoms with Crippen molar-refractivity contribution < 1.29 is 9.53 Å². The number of benzene rings is 2. The second-order valence-electron chi connectivity index (χ2n) is 16.3. The van der Waals surface area contributed by atoms with Crippen LogP contribution in [0.4, 0.5) is 0 Å². The molecule has 0 saturated heterocycles. The molecule has 9 atom stereocenters. The van der Waals surface area contributed by atoms with Gasteiger partial charge in [-0.05, 0) is 127 Å². The number of carbonyl (C=O) groups excluding carboxylic acids is 1. The van der Waals surface area contributed by atoms with Crippen LogP contribution in [-0.4, -0.2) is 5.78 Å². The molecule has 4 saturated carbocycles. The average molecular weight is 583 g/mol. The van der Waals surface area contributed by atoms with Crippen LogP contribution in [0.25, 0.3) is 0 Å². The number of hydrogen-bond acceptors (Lipinski definition) is 2. The predicted molar refractivity (Wildman–Crippen MR) is 178 cm³/mol. The lowest BCUT2D eigenvalue weighted by molar-refractivity contribution is -0.152. The third kappa shape index (κ3) is 6.11. The molecule has 0 spiro atoms. The molecule has 0 amide bonds. The maximum atomic E-state index is 13.5. The first-order valence-corrected chi connectivity index (χ1v) is 18.0. The van der Waals surface area contributed by atoms with Crippen molar-refractivity contribution in [2.24, 2.45) is 58.2 Å². The van der Waals surface area contributed by atoms with Crippen LogP contribution >= 0.6 is 0 Å². The van der Waals surface area contributed by atoms with Crippen LogP contribution < -0.4 is 4.74 Å². The van der Waals surface area contributed by atoms with Crippen molar-refractivity contribution in [1.82, 2.24) is 0 Å². The van der Waals surface area contributed by atoms with Gasteiger partial charge in [-0.1, -0.05) is 96.3 Å². The molecule has 0 aromatic heterocycles. The number of hydrogen-bond donors (Lipinski definition) is 0. The summed E-state index contributed by atoms with van der Waals surface area (Å²) >= 11 is 0. The molecular weight excluding hydrogens is 524 g/mol. The molecule has 2 heteroatoms. The average Bonchev–Trinajstić information content (AvgIpc) is 3.36.